The summed E-state index contributed by atoms with van der Waals surface area (Å²) >= 11 is 0. The molecule has 1 rings (SSSR count). The fraction of sp³-hybridized carbons (Fsp3) is 0.909. The van der Waals surface area contributed by atoms with Crippen LogP contribution in [0.2, 0.25) is 0 Å². The van der Waals surface area contributed by atoms with Gasteiger partial charge in [-0.05, 0) is 20.8 Å². The fourth-order valence-electron chi connectivity index (χ4n) is 1.80. The van der Waals surface area contributed by atoms with Crippen LogP contribution >= 0.6 is 0 Å². The normalized spacial score (nSPS) is 19.2. The van der Waals surface area contributed by atoms with Gasteiger partial charge in [0.15, 0.2) is 0 Å². The third-order valence-corrected chi connectivity index (χ3v) is 2.59. The molecule has 5 heteroatoms. The quantitative estimate of drug-likeness (QED) is 0.780. The molecule has 0 aromatic heterocycles. The van der Waals surface area contributed by atoms with E-state index in [1.807, 2.05) is 20.8 Å². The van der Waals surface area contributed by atoms with Crippen molar-refractivity contribution in [2.24, 2.45) is 11.1 Å². The Balaban J connectivity index is 2.42. The lowest BCUT2D eigenvalue weighted by Crippen LogP contribution is -2.64. The van der Waals surface area contributed by atoms with Gasteiger partial charge in [-0.2, -0.15) is 0 Å². The summed E-state index contributed by atoms with van der Waals surface area (Å²) in [4.78, 5) is 13.3. The highest BCUT2D eigenvalue weighted by Crippen LogP contribution is 2.30. The topological polar surface area (TPSA) is 64.8 Å². The maximum atomic E-state index is 11.7. The average molecular weight is 230 g/mol. The summed E-state index contributed by atoms with van der Waals surface area (Å²) < 4.78 is 10.4. The van der Waals surface area contributed by atoms with Gasteiger partial charge in [-0.15, -0.1) is 0 Å². The van der Waals surface area contributed by atoms with Crippen LogP contribution in [0.3, 0.4) is 0 Å². The lowest BCUT2D eigenvalue weighted by Gasteiger charge is -2.48. The number of rotatable bonds is 3. The van der Waals surface area contributed by atoms with Crippen molar-refractivity contribution in [3.05, 3.63) is 0 Å². The molecule has 1 heterocycles. The molecule has 0 radical (unpaired) electrons. The number of methoxy groups -OCH3 is 1. The number of carbonyl (C=O) groups excluding carboxylic acids is 1. The van der Waals surface area contributed by atoms with Gasteiger partial charge in [0, 0.05) is 32.2 Å². The second-order valence-corrected chi connectivity index (χ2v) is 5.47. The van der Waals surface area contributed by atoms with Crippen molar-refractivity contribution < 1.29 is 14.3 Å². The molecule has 0 atom stereocenters. The average Bonchev–Trinajstić information content (AvgIpc) is 2.07. The molecule has 16 heavy (non-hydrogen) atoms. The Bertz CT molecular complexity index is 254. The number of nitrogens with two attached hydrogens (primary N) is 1. The zero-order valence-electron chi connectivity index (χ0n) is 10.6. The first kappa shape index (κ1) is 13.3. The molecule has 0 bridgehead atoms. The van der Waals surface area contributed by atoms with Crippen molar-refractivity contribution in [3.8, 4) is 0 Å². The Morgan fingerprint density at radius 3 is 2.38 bits per heavy atom. The van der Waals surface area contributed by atoms with E-state index in [0.29, 0.717) is 26.2 Å². The van der Waals surface area contributed by atoms with Crippen LogP contribution in [0.25, 0.3) is 0 Å². The van der Waals surface area contributed by atoms with E-state index in [9.17, 15) is 4.79 Å². The Morgan fingerprint density at radius 2 is 2.00 bits per heavy atom. The smallest absolute Gasteiger partial charge is 0.410 e. The first-order valence-electron chi connectivity index (χ1n) is 5.49. The zero-order chi connectivity index (χ0) is 12.4. The highest BCUT2D eigenvalue weighted by atomic mass is 16.6. The van der Waals surface area contributed by atoms with Crippen LogP contribution < -0.4 is 5.73 Å². The Labute approximate surface area is 96.9 Å². The van der Waals surface area contributed by atoms with E-state index < -0.39 is 5.60 Å². The predicted octanol–water partition coefficient (Wildman–Crippen LogP) is 0.829. The van der Waals surface area contributed by atoms with E-state index in [0.717, 1.165) is 0 Å². The largest absolute Gasteiger partial charge is 0.444 e. The molecular formula is C11H22N2O3. The molecule has 0 saturated carbocycles. The summed E-state index contributed by atoms with van der Waals surface area (Å²) in [6, 6.07) is 0. The standard InChI is InChI=1S/C11H22N2O3/c1-10(2,3)16-9(14)13-6-11(5-12,7-13)8-15-4/h5-8,12H2,1-4H3. The van der Waals surface area contributed by atoms with Crippen LogP contribution in [0, 0.1) is 5.41 Å². The molecule has 0 aromatic carbocycles. The van der Waals surface area contributed by atoms with Crippen molar-refractivity contribution in [1.29, 1.82) is 0 Å². The molecule has 1 saturated heterocycles. The molecule has 0 aromatic rings. The molecule has 1 aliphatic rings. The van der Waals surface area contributed by atoms with Gasteiger partial charge in [0.05, 0.1) is 6.61 Å². The zero-order valence-corrected chi connectivity index (χ0v) is 10.6. The van der Waals surface area contributed by atoms with E-state index in [1.54, 1.807) is 12.0 Å². The van der Waals surface area contributed by atoms with Gasteiger partial charge in [-0.25, -0.2) is 4.79 Å². The summed E-state index contributed by atoms with van der Waals surface area (Å²) in [6.45, 7) is 7.92. The van der Waals surface area contributed by atoms with Gasteiger partial charge in [0.2, 0.25) is 0 Å². The fourth-order valence-corrected chi connectivity index (χ4v) is 1.80. The number of hydrogen-bond donors (Lipinski definition) is 1. The number of nitrogens with zero attached hydrogens (tertiary/aromatic N) is 1. The summed E-state index contributed by atoms with van der Waals surface area (Å²) in [5.41, 5.74) is 5.16. The van der Waals surface area contributed by atoms with E-state index in [4.69, 9.17) is 15.2 Å². The highest BCUT2D eigenvalue weighted by Gasteiger charge is 2.45. The minimum absolute atomic E-state index is 0.0777. The van der Waals surface area contributed by atoms with E-state index in [-0.39, 0.29) is 11.5 Å². The minimum Gasteiger partial charge on any atom is -0.444 e. The number of ether oxygens (including phenoxy) is 2. The van der Waals surface area contributed by atoms with Crippen molar-refractivity contribution in [2.45, 2.75) is 26.4 Å². The monoisotopic (exact) mass is 230 g/mol. The summed E-state index contributed by atoms with van der Waals surface area (Å²) in [5, 5.41) is 0. The lowest BCUT2D eigenvalue weighted by molar-refractivity contribution is -0.0591. The molecule has 94 valence electrons. The molecule has 2 N–H and O–H groups in total. The van der Waals surface area contributed by atoms with Gasteiger partial charge in [0.1, 0.15) is 5.60 Å². The Hall–Kier alpha value is -0.810. The molecule has 1 aliphatic heterocycles. The predicted molar refractivity (Wildman–Crippen MR) is 61.2 cm³/mol. The number of carbonyl (C=O) groups is 1. The van der Waals surface area contributed by atoms with Crippen molar-refractivity contribution >= 4 is 6.09 Å². The molecule has 0 unspecified atom stereocenters. The first-order chi connectivity index (χ1) is 7.32. The molecule has 0 spiro atoms. The second kappa shape index (κ2) is 4.59. The van der Waals surface area contributed by atoms with Gasteiger partial charge in [-0.1, -0.05) is 0 Å². The SMILES string of the molecule is COCC1(CN)CN(C(=O)OC(C)(C)C)C1. The van der Waals surface area contributed by atoms with Gasteiger partial charge in [-0.3, -0.25) is 0 Å². The van der Waals surface area contributed by atoms with Crippen LogP contribution in [0.5, 0.6) is 0 Å². The molecular weight excluding hydrogens is 208 g/mol. The highest BCUT2D eigenvalue weighted by molar-refractivity contribution is 5.69. The molecule has 1 amide bonds. The molecule has 1 fully saturated rings. The maximum Gasteiger partial charge on any atom is 0.410 e. The van der Waals surface area contributed by atoms with Crippen LogP contribution in [0.15, 0.2) is 0 Å². The van der Waals surface area contributed by atoms with Gasteiger partial charge in [0.25, 0.3) is 0 Å². The maximum absolute atomic E-state index is 11.7. The third kappa shape index (κ3) is 3.09. The number of amides is 1. The van der Waals surface area contributed by atoms with Gasteiger partial charge >= 0.3 is 6.09 Å². The van der Waals surface area contributed by atoms with Crippen molar-refractivity contribution in [3.63, 3.8) is 0 Å². The van der Waals surface area contributed by atoms with Crippen LogP contribution in [0.1, 0.15) is 20.8 Å². The Kier molecular flexibility index (Phi) is 3.80. The van der Waals surface area contributed by atoms with E-state index in [1.165, 1.54) is 0 Å². The Morgan fingerprint density at radius 1 is 1.44 bits per heavy atom. The van der Waals surface area contributed by atoms with Crippen LogP contribution in [0.4, 0.5) is 4.79 Å². The van der Waals surface area contributed by atoms with E-state index >= 15 is 0 Å². The van der Waals surface area contributed by atoms with Crippen molar-refractivity contribution in [2.75, 3.05) is 33.4 Å². The second-order valence-electron chi connectivity index (χ2n) is 5.47. The van der Waals surface area contributed by atoms with E-state index in [2.05, 4.69) is 0 Å². The third-order valence-electron chi connectivity index (χ3n) is 2.59. The minimum atomic E-state index is -0.445. The number of likely N-dealkylation sites (tertiary alicyclic amines) is 1. The number of hydrogen-bond acceptors (Lipinski definition) is 4. The van der Waals surface area contributed by atoms with Crippen molar-refractivity contribution in [1.82, 2.24) is 4.90 Å². The lowest BCUT2D eigenvalue weighted by atomic mass is 9.81. The summed E-state index contributed by atoms with van der Waals surface area (Å²) in [7, 11) is 1.65. The van der Waals surface area contributed by atoms with Gasteiger partial charge < -0.3 is 20.1 Å². The first-order valence-corrected chi connectivity index (χ1v) is 5.49. The molecule has 5 nitrogen and oxygen atoms in total. The van der Waals surface area contributed by atoms with Crippen LogP contribution in [-0.2, 0) is 9.47 Å². The molecule has 0 aliphatic carbocycles. The van der Waals surface area contributed by atoms with Crippen LogP contribution in [-0.4, -0.2) is 49.9 Å². The summed E-state index contributed by atoms with van der Waals surface area (Å²) in [5.74, 6) is 0. The summed E-state index contributed by atoms with van der Waals surface area (Å²) in [6.07, 6.45) is -0.271.